The second kappa shape index (κ2) is 9.79. The number of ether oxygens (including phenoxy) is 2. The van der Waals surface area contributed by atoms with Gasteiger partial charge in [-0.15, -0.1) is 0 Å². The lowest BCUT2D eigenvalue weighted by atomic mass is 10.1. The molecule has 0 aliphatic heterocycles. The second-order valence-electron chi connectivity index (χ2n) is 7.18. The highest BCUT2D eigenvalue weighted by Gasteiger charge is 2.18. The molecule has 0 radical (unpaired) electrons. The molecule has 1 N–H and O–H groups in total. The van der Waals surface area contributed by atoms with Crippen LogP contribution in [0.15, 0.2) is 12.1 Å². The van der Waals surface area contributed by atoms with Gasteiger partial charge < -0.3 is 19.7 Å². The third-order valence-corrected chi connectivity index (χ3v) is 5.16. The number of hydrogen-bond donors (Lipinski definition) is 1. The summed E-state index contributed by atoms with van der Waals surface area (Å²) < 4.78 is 11.4. The van der Waals surface area contributed by atoms with Crippen molar-refractivity contribution in [2.45, 2.75) is 53.5 Å². The van der Waals surface area contributed by atoms with E-state index in [9.17, 15) is 0 Å². The van der Waals surface area contributed by atoms with E-state index >= 15 is 0 Å². The van der Waals surface area contributed by atoms with E-state index in [1.807, 2.05) is 13.0 Å². The van der Waals surface area contributed by atoms with Gasteiger partial charge in [0.05, 0.1) is 19.9 Å². The van der Waals surface area contributed by atoms with E-state index in [0.29, 0.717) is 6.04 Å². The molecule has 0 saturated heterocycles. The molecule has 150 valence electrons. The number of fused-ring (bicyclic) bond motifs is 1. The van der Waals surface area contributed by atoms with Crippen molar-refractivity contribution in [1.29, 1.82) is 0 Å². The zero-order valence-electron chi connectivity index (χ0n) is 18.0. The Balaban J connectivity index is 2.27. The number of aromatic nitrogens is 1. The second-order valence-corrected chi connectivity index (χ2v) is 7.18. The largest absolute Gasteiger partial charge is 0.496 e. The van der Waals surface area contributed by atoms with Crippen molar-refractivity contribution >= 4 is 16.6 Å². The first-order valence-corrected chi connectivity index (χ1v) is 9.96. The minimum Gasteiger partial charge on any atom is -0.496 e. The molecule has 0 aliphatic rings. The molecule has 0 fully saturated rings. The Morgan fingerprint density at radius 1 is 1.11 bits per heavy atom. The number of benzene rings is 1. The average molecular weight is 374 g/mol. The monoisotopic (exact) mass is 373 g/mol. The molecule has 0 spiro atoms. The highest BCUT2D eigenvalue weighted by molar-refractivity contribution is 5.97. The lowest BCUT2D eigenvalue weighted by molar-refractivity contribution is 0.295. The van der Waals surface area contributed by atoms with Crippen LogP contribution < -0.4 is 14.8 Å². The maximum atomic E-state index is 5.76. The molecule has 1 atom stereocenters. The quantitative estimate of drug-likeness (QED) is 0.649. The third-order valence-electron chi connectivity index (χ3n) is 5.16. The number of hydrogen-bond acceptors (Lipinski definition) is 5. The van der Waals surface area contributed by atoms with Crippen LogP contribution in [0.1, 0.15) is 44.9 Å². The SMILES string of the molecule is CCN(CC)CCCC(C)Nc1cc(OC)c2c(C)cc(C)nc2c1OC. The van der Waals surface area contributed by atoms with Crippen LogP contribution in [0.3, 0.4) is 0 Å². The zero-order chi connectivity index (χ0) is 20.0. The van der Waals surface area contributed by atoms with E-state index in [4.69, 9.17) is 14.5 Å². The molecule has 27 heavy (non-hydrogen) atoms. The van der Waals surface area contributed by atoms with Crippen LogP contribution in [0.2, 0.25) is 0 Å². The maximum Gasteiger partial charge on any atom is 0.168 e. The summed E-state index contributed by atoms with van der Waals surface area (Å²) in [4.78, 5) is 7.20. The van der Waals surface area contributed by atoms with Crippen molar-refractivity contribution in [2.24, 2.45) is 0 Å². The molecule has 2 aromatic rings. The van der Waals surface area contributed by atoms with Crippen molar-refractivity contribution in [3.05, 3.63) is 23.4 Å². The van der Waals surface area contributed by atoms with E-state index in [1.54, 1.807) is 14.2 Å². The van der Waals surface area contributed by atoms with Gasteiger partial charge in [-0.3, -0.25) is 0 Å². The number of pyridine rings is 1. The van der Waals surface area contributed by atoms with Gasteiger partial charge in [-0.05, 0) is 64.9 Å². The summed E-state index contributed by atoms with van der Waals surface area (Å²) in [7, 11) is 3.41. The van der Waals surface area contributed by atoms with Crippen molar-refractivity contribution in [3.8, 4) is 11.5 Å². The Hall–Kier alpha value is -2.01. The summed E-state index contributed by atoms with van der Waals surface area (Å²) in [6, 6.07) is 4.45. The van der Waals surface area contributed by atoms with Crippen LogP contribution in [0.25, 0.3) is 10.9 Å². The molecule has 5 nitrogen and oxygen atoms in total. The number of anilines is 1. The van der Waals surface area contributed by atoms with Gasteiger partial charge in [-0.2, -0.15) is 0 Å². The van der Waals surface area contributed by atoms with Gasteiger partial charge >= 0.3 is 0 Å². The Kier molecular flexibility index (Phi) is 7.72. The first-order valence-electron chi connectivity index (χ1n) is 9.96. The van der Waals surface area contributed by atoms with Gasteiger partial charge in [0.2, 0.25) is 0 Å². The predicted octanol–water partition coefficient (Wildman–Crippen LogP) is 4.79. The number of rotatable bonds is 10. The lowest BCUT2D eigenvalue weighted by Gasteiger charge is -2.22. The van der Waals surface area contributed by atoms with Crippen molar-refractivity contribution < 1.29 is 9.47 Å². The van der Waals surface area contributed by atoms with Gasteiger partial charge in [0.25, 0.3) is 0 Å². The van der Waals surface area contributed by atoms with Crippen molar-refractivity contribution in [2.75, 3.05) is 39.2 Å². The smallest absolute Gasteiger partial charge is 0.168 e. The molecule has 1 unspecified atom stereocenters. The predicted molar refractivity (Wildman–Crippen MR) is 114 cm³/mol. The molecule has 0 bridgehead atoms. The molecule has 0 amide bonds. The minimum absolute atomic E-state index is 0.336. The molecular formula is C22H35N3O2. The summed E-state index contributed by atoms with van der Waals surface area (Å²) in [5.41, 5.74) is 3.91. The fraction of sp³-hybridized carbons (Fsp3) is 0.591. The van der Waals surface area contributed by atoms with Gasteiger partial charge in [0.1, 0.15) is 11.3 Å². The third kappa shape index (κ3) is 5.04. The van der Waals surface area contributed by atoms with Crippen LogP contribution in [0.4, 0.5) is 5.69 Å². The molecule has 5 heteroatoms. The van der Waals surface area contributed by atoms with Gasteiger partial charge in [0.15, 0.2) is 5.75 Å². The first-order chi connectivity index (χ1) is 12.9. The Bertz CT molecular complexity index is 757. The Morgan fingerprint density at radius 2 is 1.81 bits per heavy atom. The van der Waals surface area contributed by atoms with Gasteiger partial charge in [0, 0.05) is 23.2 Å². The van der Waals surface area contributed by atoms with Gasteiger partial charge in [-0.25, -0.2) is 4.98 Å². The number of nitrogens with zero attached hydrogens (tertiary/aromatic N) is 2. The standard InChI is InChI=1S/C22H35N3O2/c1-8-25(9-2)12-10-11-16(4)23-18-14-19(26-6)20-15(3)13-17(5)24-21(20)22(18)27-7/h13-14,16,23H,8-12H2,1-7H3. The molecule has 0 aliphatic carbocycles. The highest BCUT2D eigenvalue weighted by Crippen LogP contribution is 2.41. The molecule has 1 heterocycles. The summed E-state index contributed by atoms with van der Waals surface area (Å²) in [5, 5.41) is 4.63. The van der Waals surface area contributed by atoms with E-state index in [0.717, 1.165) is 65.4 Å². The number of methoxy groups -OCH3 is 2. The van der Waals surface area contributed by atoms with Crippen LogP contribution in [-0.2, 0) is 0 Å². The lowest BCUT2D eigenvalue weighted by Crippen LogP contribution is -2.25. The van der Waals surface area contributed by atoms with Crippen molar-refractivity contribution in [3.63, 3.8) is 0 Å². The highest BCUT2D eigenvalue weighted by atomic mass is 16.5. The van der Waals surface area contributed by atoms with Crippen LogP contribution in [0.5, 0.6) is 11.5 Å². The first kappa shape index (κ1) is 21.3. The van der Waals surface area contributed by atoms with Gasteiger partial charge in [-0.1, -0.05) is 13.8 Å². The summed E-state index contributed by atoms with van der Waals surface area (Å²) in [6.45, 7) is 14.1. The fourth-order valence-corrected chi connectivity index (χ4v) is 3.68. The molecule has 1 aromatic heterocycles. The van der Waals surface area contributed by atoms with E-state index in [2.05, 4.69) is 44.0 Å². The summed E-state index contributed by atoms with van der Waals surface area (Å²) >= 11 is 0. The van der Waals surface area contributed by atoms with E-state index in [-0.39, 0.29) is 0 Å². The topological polar surface area (TPSA) is 46.6 Å². The molecule has 2 rings (SSSR count). The van der Waals surface area contributed by atoms with E-state index < -0.39 is 0 Å². The average Bonchev–Trinajstić information content (AvgIpc) is 2.64. The van der Waals surface area contributed by atoms with Crippen LogP contribution in [-0.4, -0.2) is 49.8 Å². The molecule has 0 saturated carbocycles. The van der Waals surface area contributed by atoms with Crippen LogP contribution in [0, 0.1) is 13.8 Å². The minimum atomic E-state index is 0.336. The maximum absolute atomic E-state index is 5.76. The molecular weight excluding hydrogens is 338 g/mol. The van der Waals surface area contributed by atoms with Crippen molar-refractivity contribution in [1.82, 2.24) is 9.88 Å². The van der Waals surface area contributed by atoms with E-state index in [1.165, 1.54) is 6.42 Å². The Morgan fingerprint density at radius 3 is 2.41 bits per heavy atom. The van der Waals surface area contributed by atoms with Crippen LogP contribution >= 0.6 is 0 Å². The number of nitrogens with one attached hydrogen (secondary N) is 1. The zero-order valence-corrected chi connectivity index (χ0v) is 18.0. The summed E-state index contributed by atoms with van der Waals surface area (Å²) in [5.74, 6) is 1.61. The number of aryl methyl sites for hydroxylation is 2. The Labute approximate surface area is 164 Å². The molecule has 1 aromatic carbocycles. The normalized spacial score (nSPS) is 12.4. The summed E-state index contributed by atoms with van der Waals surface area (Å²) in [6.07, 6.45) is 2.26. The fourth-order valence-electron chi connectivity index (χ4n) is 3.68.